The van der Waals surface area contributed by atoms with E-state index in [4.69, 9.17) is 16.6 Å². The molecule has 0 saturated heterocycles. The van der Waals surface area contributed by atoms with E-state index < -0.39 is 0 Å². The van der Waals surface area contributed by atoms with Gasteiger partial charge in [-0.2, -0.15) is 0 Å². The maximum Gasteiger partial charge on any atom is 0.291 e. The maximum absolute atomic E-state index is 12.7. The van der Waals surface area contributed by atoms with Crippen LogP contribution >= 0.6 is 12.2 Å². The van der Waals surface area contributed by atoms with Gasteiger partial charge in [-0.25, -0.2) is 0 Å². The van der Waals surface area contributed by atoms with Gasteiger partial charge in [0.05, 0.1) is 17.2 Å². The predicted octanol–water partition coefficient (Wildman–Crippen LogP) is 3.61. The lowest BCUT2D eigenvalue weighted by molar-refractivity contribution is -0.121. The number of nitrogens with one attached hydrogen (secondary N) is 3. The van der Waals surface area contributed by atoms with Crippen LogP contribution in [0.25, 0.3) is 10.9 Å². The summed E-state index contributed by atoms with van der Waals surface area (Å²) in [4.78, 5) is 40.1. The third-order valence-electron chi connectivity index (χ3n) is 4.87. The van der Waals surface area contributed by atoms with Gasteiger partial charge in [-0.05, 0) is 54.2 Å². The molecule has 162 valence electrons. The minimum absolute atomic E-state index is 0.102. The summed E-state index contributed by atoms with van der Waals surface area (Å²) in [7, 11) is 0. The van der Waals surface area contributed by atoms with Crippen LogP contribution < -0.4 is 16.2 Å². The van der Waals surface area contributed by atoms with E-state index in [1.54, 1.807) is 48.5 Å². The fourth-order valence-corrected chi connectivity index (χ4v) is 3.55. The standard InChI is InChI=1S/C23H20N4O4S/c28-20(10-11-27-22(30)17-7-1-2-8-18(17)26-23(27)32)24-14-15-5-3-6-16(13-15)25-21(29)19-9-4-12-31-19/h1-9,12-13H,10-11,14H2,(H,24,28)(H,25,29)(H,26,32). The van der Waals surface area contributed by atoms with E-state index in [-0.39, 0.29) is 47.4 Å². The average molecular weight is 449 g/mol. The van der Waals surface area contributed by atoms with E-state index in [1.165, 1.54) is 10.8 Å². The number of fused-ring (bicyclic) bond motifs is 1. The van der Waals surface area contributed by atoms with Crippen LogP contribution in [0.2, 0.25) is 0 Å². The molecular weight excluding hydrogens is 428 g/mol. The van der Waals surface area contributed by atoms with Crippen molar-refractivity contribution >= 4 is 40.6 Å². The summed E-state index contributed by atoms with van der Waals surface area (Å²) in [6.07, 6.45) is 1.53. The van der Waals surface area contributed by atoms with Crippen molar-refractivity contribution in [1.29, 1.82) is 0 Å². The average Bonchev–Trinajstić information content (AvgIpc) is 3.33. The van der Waals surface area contributed by atoms with E-state index in [0.717, 1.165) is 5.56 Å². The molecule has 8 nitrogen and oxygen atoms in total. The SMILES string of the molecule is O=C(CCn1c(=S)[nH]c2ccccc2c1=O)NCc1cccc(NC(=O)c2ccco2)c1. The molecule has 0 aliphatic carbocycles. The number of para-hydroxylation sites is 1. The molecule has 32 heavy (non-hydrogen) atoms. The molecule has 2 aromatic carbocycles. The number of rotatable bonds is 7. The smallest absolute Gasteiger partial charge is 0.291 e. The lowest BCUT2D eigenvalue weighted by atomic mass is 10.2. The van der Waals surface area contributed by atoms with Gasteiger partial charge in [-0.3, -0.25) is 19.0 Å². The molecule has 0 spiro atoms. The first kappa shape index (κ1) is 21.3. The molecule has 0 saturated carbocycles. The summed E-state index contributed by atoms with van der Waals surface area (Å²) in [6, 6.07) is 17.5. The number of hydrogen-bond donors (Lipinski definition) is 3. The van der Waals surface area contributed by atoms with Crippen molar-refractivity contribution in [2.75, 3.05) is 5.32 Å². The largest absolute Gasteiger partial charge is 0.459 e. The summed E-state index contributed by atoms with van der Waals surface area (Å²) in [5, 5.41) is 6.09. The van der Waals surface area contributed by atoms with Gasteiger partial charge in [0.1, 0.15) is 0 Å². The lowest BCUT2D eigenvalue weighted by Gasteiger charge is -2.10. The Morgan fingerprint density at radius 2 is 1.91 bits per heavy atom. The monoisotopic (exact) mass is 448 g/mol. The molecule has 4 rings (SSSR count). The molecule has 2 heterocycles. The molecule has 9 heteroatoms. The van der Waals surface area contributed by atoms with Crippen molar-refractivity contribution in [2.45, 2.75) is 19.5 Å². The van der Waals surface area contributed by atoms with Crippen molar-refractivity contribution in [1.82, 2.24) is 14.9 Å². The number of H-pyrrole nitrogens is 1. The van der Waals surface area contributed by atoms with Gasteiger partial charge >= 0.3 is 0 Å². The third-order valence-corrected chi connectivity index (χ3v) is 5.19. The molecule has 2 aromatic heterocycles. The number of hydrogen-bond acceptors (Lipinski definition) is 5. The number of carbonyl (C=O) groups is 2. The Morgan fingerprint density at radius 3 is 2.72 bits per heavy atom. The van der Waals surface area contributed by atoms with Gasteiger partial charge in [0.2, 0.25) is 5.91 Å². The molecule has 0 atom stereocenters. The van der Waals surface area contributed by atoms with E-state index in [9.17, 15) is 14.4 Å². The summed E-state index contributed by atoms with van der Waals surface area (Å²) >= 11 is 5.27. The number of anilines is 1. The van der Waals surface area contributed by atoms with Crippen molar-refractivity contribution in [3.63, 3.8) is 0 Å². The predicted molar refractivity (Wildman–Crippen MR) is 123 cm³/mol. The van der Waals surface area contributed by atoms with Gasteiger partial charge in [0.25, 0.3) is 11.5 Å². The molecular formula is C23H20N4O4S. The third kappa shape index (κ3) is 4.84. The number of carbonyl (C=O) groups excluding carboxylic acids is 2. The molecule has 0 aliphatic rings. The number of aromatic nitrogens is 2. The van der Waals surface area contributed by atoms with Crippen LogP contribution in [0.15, 0.2) is 76.1 Å². The highest BCUT2D eigenvalue weighted by molar-refractivity contribution is 7.71. The summed E-state index contributed by atoms with van der Waals surface area (Å²) in [5.74, 6) is -0.357. The lowest BCUT2D eigenvalue weighted by Crippen LogP contribution is -2.28. The van der Waals surface area contributed by atoms with Crippen LogP contribution in [0.1, 0.15) is 22.5 Å². The molecule has 0 bridgehead atoms. The highest BCUT2D eigenvalue weighted by atomic mass is 32.1. The van der Waals surface area contributed by atoms with Crippen molar-refractivity contribution in [3.05, 3.63) is 93.4 Å². The fraction of sp³-hybridized carbons (Fsp3) is 0.130. The van der Waals surface area contributed by atoms with Crippen LogP contribution in [0, 0.1) is 4.77 Å². The summed E-state index contributed by atoms with van der Waals surface area (Å²) in [5.41, 5.74) is 1.85. The Bertz CT molecular complexity index is 1390. The van der Waals surface area contributed by atoms with Crippen molar-refractivity contribution < 1.29 is 14.0 Å². The number of benzene rings is 2. The zero-order chi connectivity index (χ0) is 22.5. The molecule has 0 aliphatic heterocycles. The molecule has 2 amide bonds. The highest BCUT2D eigenvalue weighted by Crippen LogP contribution is 2.13. The van der Waals surface area contributed by atoms with E-state index in [2.05, 4.69) is 15.6 Å². The van der Waals surface area contributed by atoms with Crippen molar-refractivity contribution in [2.24, 2.45) is 0 Å². The molecule has 3 N–H and O–H groups in total. The minimum Gasteiger partial charge on any atom is -0.459 e. The van der Waals surface area contributed by atoms with E-state index >= 15 is 0 Å². The summed E-state index contributed by atoms with van der Waals surface area (Å²) < 4.78 is 6.75. The normalized spacial score (nSPS) is 10.8. The Balaban J connectivity index is 1.35. The van der Waals surface area contributed by atoms with Gasteiger partial charge in [0.15, 0.2) is 10.5 Å². The van der Waals surface area contributed by atoms with Crippen LogP contribution in [-0.2, 0) is 17.9 Å². The number of nitrogens with zero attached hydrogens (tertiary/aromatic N) is 1. The van der Waals surface area contributed by atoms with Gasteiger partial charge in [-0.15, -0.1) is 0 Å². The molecule has 4 aromatic rings. The van der Waals surface area contributed by atoms with E-state index in [0.29, 0.717) is 16.6 Å². The first-order valence-electron chi connectivity index (χ1n) is 9.93. The second-order valence-electron chi connectivity index (χ2n) is 7.09. The molecule has 0 fully saturated rings. The number of furan rings is 1. The number of amides is 2. The molecule has 0 unspecified atom stereocenters. The maximum atomic E-state index is 12.7. The van der Waals surface area contributed by atoms with Gasteiger partial charge in [0, 0.05) is 25.2 Å². The zero-order valence-electron chi connectivity index (χ0n) is 17.0. The zero-order valence-corrected chi connectivity index (χ0v) is 17.8. The Kier molecular flexibility index (Phi) is 6.27. The van der Waals surface area contributed by atoms with Crippen LogP contribution in [0.5, 0.6) is 0 Å². The second-order valence-corrected chi connectivity index (χ2v) is 7.48. The first-order chi connectivity index (χ1) is 15.5. The van der Waals surface area contributed by atoms with Crippen LogP contribution in [0.4, 0.5) is 5.69 Å². The number of aromatic amines is 1. The highest BCUT2D eigenvalue weighted by Gasteiger charge is 2.10. The fourth-order valence-electron chi connectivity index (χ4n) is 3.26. The minimum atomic E-state index is -0.353. The van der Waals surface area contributed by atoms with Gasteiger partial charge in [-0.1, -0.05) is 24.3 Å². The Morgan fingerprint density at radius 1 is 1.06 bits per heavy atom. The Labute approximate surface area is 187 Å². The quantitative estimate of drug-likeness (QED) is 0.374. The summed E-state index contributed by atoms with van der Waals surface area (Å²) in [6.45, 7) is 0.451. The van der Waals surface area contributed by atoms with Crippen molar-refractivity contribution in [3.8, 4) is 0 Å². The van der Waals surface area contributed by atoms with Crippen LogP contribution in [0.3, 0.4) is 0 Å². The van der Waals surface area contributed by atoms with Gasteiger partial charge < -0.3 is 20.0 Å². The van der Waals surface area contributed by atoms with E-state index in [1.807, 2.05) is 12.1 Å². The first-order valence-corrected chi connectivity index (χ1v) is 10.3. The Hall–Kier alpha value is -3.98. The molecule has 0 radical (unpaired) electrons. The second kappa shape index (κ2) is 9.44. The topological polar surface area (TPSA) is 109 Å². The van der Waals surface area contributed by atoms with Crippen LogP contribution in [-0.4, -0.2) is 21.4 Å².